The number of benzene rings is 1. The Labute approximate surface area is 119 Å². The lowest BCUT2D eigenvalue weighted by atomic mass is 10.2. The topological polar surface area (TPSA) is 59.0 Å². The van der Waals surface area contributed by atoms with Crippen LogP contribution in [0.25, 0.3) is 0 Å². The second-order valence-corrected chi connectivity index (χ2v) is 5.20. The van der Waals surface area contributed by atoms with Crippen LogP contribution in [0, 0.1) is 6.92 Å². The van der Waals surface area contributed by atoms with Gasteiger partial charge in [-0.15, -0.1) is 0 Å². The molecule has 0 unspecified atom stereocenters. The van der Waals surface area contributed by atoms with Gasteiger partial charge in [-0.05, 0) is 31.5 Å². The van der Waals surface area contributed by atoms with Gasteiger partial charge in [-0.1, -0.05) is 12.1 Å². The van der Waals surface area contributed by atoms with Crippen molar-refractivity contribution in [1.29, 1.82) is 0 Å². The number of aliphatic carboxylic acids is 1. The molecule has 0 saturated carbocycles. The third-order valence-electron chi connectivity index (χ3n) is 3.28. The van der Waals surface area contributed by atoms with E-state index in [9.17, 15) is 4.79 Å². The van der Waals surface area contributed by atoms with E-state index >= 15 is 0 Å². The van der Waals surface area contributed by atoms with Crippen molar-refractivity contribution >= 4 is 5.97 Å². The van der Waals surface area contributed by atoms with Gasteiger partial charge in [0.15, 0.2) is 6.10 Å². The summed E-state index contributed by atoms with van der Waals surface area (Å²) in [6.07, 6.45) is -0.804. The number of carboxylic acid groups (broad SMARTS) is 1. The first-order valence-electron chi connectivity index (χ1n) is 6.84. The Morgan fingerprint density at radius 3 is 3.00 bits per heavy atom. The summed E-state index contributed by atoms with van der Waals surface area (Å²) in [5, 5.41) is 9.02. The van der Waals surface area contributed by atoms with Crippen LogP contribution in [0.5, 0.6) is 5.75 Å². The molecule has 0 amide bonds. The van der Waals surface area contributed by atoms with Crippen molar-refractivity contribution in [3.8, 4) is 5.75 Å². The third-order valence-corrected chi connectivity index (χ3v) is 3.28. The average molecular weight is 279 g/mol. The fraction of sp³-hybridized carbons (Fsp3) is 0.533. The minimum atomic E-state index is -0.902. The molecule has 0 aliphatic carbocycles. The number of aryl methyl sites for hydroxylation is 1. The summed E-state index contributed by atoms with van der Waals surface area (Å²) in [7, 11) is 0. The van der Waals surface area contributed by atoms with Gasteiger partial charge in [0.1, 0.15) is 12.4 Å². The smallest absolute Gasteiger partial charge is 0.334 e. The maximum absolute atomic E-state index is 11.0. The molecule has 1 aliphatic heterocycles. The number of carboxylic acids is 1. The van der Waals surface area contributed by atoms with Crippen molar-refractivity contribution in [2.45, 2.75) is 26.1 Å². The Balaban J connectivity index is 1.80. The molecule has 2 atom stereocenters. The number of ether oxygens (including phenoxy) is 2. The maximum Gasteiger partial charge on any atom is 0.334 e. The first-order valence-corrected chi connectivity index (χ1v) is 6.84. The van der Waals surface area contributed by atoms with Crippen LogP contribution < -0.4 is 4.74 Å². The summed E-state index contributed by atoms with van der Waals surface area (Å²) in [6, 6.07) is 7.90. The van der Waals surface area contributed by atoms with Crippen LogP contribution in [0.3, 0.4) is 0 Å². The van der Waals surface area contributed by atoms with E-state index in [1.54, 1.807) is 0 Å². The van der Waals surface area contributed by atoms with Crippen molar-refractivity contribution in [2.75, 3.05) is 26.2 Å². The first kappa shape index (κ1) is 14.8. The highest BCUT2D eigenvalue weighted by Crippen LogP contribution is 2.14. The number of nitrogens with zero attached hydrogens (tertiary/aromatic N) is 1. The second kappa shape index (κ2) is 6.72. The minimum absolute atomic E-state index is 0.0659. The van der Waals surface area contributed by atoms with Crippen molar-refractivity contribution in [2.24, 2.45) is 0 Å². The third kappa shape index (κ3) is 4.21. The highest BCUT2D eigenvalue weighted by Gasteiger charge is 2.29. The van der Waals surface area contributed by atoms with Crippen LogP contribution in [0.4, 0.5) is 0 Å². The van der Waals surface area contributed by atoms with Gasteiger partial charge in [-0.2, -0.15) is 0 Å². The summed E-state index contributed by atoms with van der Waals surface area (Å²) >= 11 is 0. The molecular formula is C15H21NO4. The molecule has 1 aromatic carbocycles. The fourth-order valence-electron chi connectivity index (χ4n) is 2.36. The molecule has 2 rings (SSSR count). The van der Waals surface area contributed by atoms with Crippen LogP contribution in [0.2, 0.25) is 0 Å². The lowest BCUT2D eigenvalue weighted by molar-refractivity contribution is -0.162. The van der Waals surface area contributed by atoms with Crippen LogP contribution in [0.1, 0.15) is 12.5 Å². The molecule has 0 spiro atoms. The van der Waals surface area contributed by atoms with Gasteiger partial charge in [0.2, 0.25) is 0 Å². The van der Waals surface area contributed by atoms with Crippen molar-refractivity contribution in [1.82, 2.24) is 4.90 Å². The van der Waals surface area contributed by atoms with E-state index in [0.717, 1.165) is 17.9 Å². The molecule has 1 fully saturated rings. The van der Waals surface area contributed by atoms with Crippen LogP contribution in [-0.4, -0.2) is 54.4 Å². The van der Waals surface area contributed by atoms with Gasteiger partial charge >= 0.3 is 5.97 Å². The number of hydrogen-bond donors (Lipinski definition) is 1. The summed E-state index contributed by atoms with van der Waals surface area (Å²) in [6.45, 7) is 6.31. The van der Waals surface area contributed by atoms with Crippen molar-refractivity contribution < 1.29 is 19.4 Å². The highest BCUT2D eigenvalue weighted by molar-refractivity contribution is 5.72. The van der Waals surface area contributed by atoms with Crippen LogP contribution in [0.15, 0.2) is 24.3 Å². The van der Waals surface area contributed by atoms with Crippen LogP contribution >= 0.6 is 0 Å². The van der Waals surface area contributed by atoms with Gasteiger partial charge in [-0.3, -0.25) is 4.90 Å². The van der Waals surface area contributed by atoms with E-state index in [0.29, 0.717) is 19.7 Å². The molecule has 0 bridgehead atoms. The Kier molecular flexibility index (Phi) is 4.98. The van der Waals surface area contributed by atoms with E-state index < -0.39 is 12.1 Å². The predicted octanol–water partition coefficient (Wildman–Crippen LogP) is 1.55. The van der Waals surface area contributed by atoms with E-state index in [1.165, 1.54) is 0 Å². The Hall–Kier alpha value is -1.59. The lowest BCUT2D eigenvalue weighted by Crippen LogP contribution is -2.50. The highest BCUT2D eigenvalue weighted by atomic mass is 16.5. The van der Waals surface area contributed by atoms with Gasteiger partial charge in [0.25, 0.3) is 0 Å². The largest absolute Gasteiger partial charge is 0.492 e. The molecule has 5 heteroatoms. The van der Waals surface area contributed by atoms with Crippen molar-refractivity contribution in [3.63, 3.8) is 0 Å². The van der Waals surface area contributed by atoms with Gasteiger partial charge < -0.3 is 14.6 Å². The van der Waals surface area contributed by atoms with Crippen molar-refractivity contribution in [3.05, 3.63) is 29.8 Å². The van der Waals surface area contributed by atoms with E-state index in [-0.39, 0.29) is 6.10 Å². The van der Waals surface area contributed by atoms with Crippen LogP contribution in [-0.2, 0) is 9.53 Å². The molecule has 1 heterocycles. The average Bonchev–Trinajstić information content (AvgIpc) is 2.38. The molecule has 1 N–H and O–H groups in total. The monoisotopic (exact) mass is 279 g/mol. The normalized spacial score (nSPS) is 23.5. The fourth-order valence-corrected chi connectivity index (χ4v) is 2.36. The standard InChI is InChI=1S/C15H21NO4/c1-11-4-3-5-13(8-11)19-7-6-16-9-12(2)20-14(10-16)15(17)18/h3-5,8,12,14H,6-7,9-10H2,1-2H3,(H,17,18)/t12-,14+/m1/s1. The van der Waals surface area contributed by atoms with Gasteiger partial charge in [-0.25, -0.2) is 4.79 Å². The zero-order chi connectivity index (χ0) is 14.5. The molecule has 0 radical (unpaired) electrons. The number of carbonyl (C=O) groups is 1. The molecular weight excluding hydrogens is 258 g/mol. The SMILES string of the molecule is Cc1cccc(OCCN2C[C@@H](C)O[C@H](C(=O)O)C2)c1. The maximum atomic E-state index is 11.0. The summed E-state index contributed by atoms with van der Waals surface area (Å²) in [4.78, 5) is 13.1. The lowest BCUT2D eigenvalue weighted by Gasteiger charge is -2.34. The molecule has 110 valence electrons. The van der Waals surface area contributed by atoms with Gasteiger partial charge in [0, 0.05) is 19.6 Å². The van der Waals surface area contributed by atoms with E-state index in [4.69, 9.17) is 14.6 Å². The molecule has 1 aromatic rings. The zero-order valence-corrected chi connectivity index (χ0v) is 11.9. The van der Waals surface area contributed by atoms with E-state index in [1.807, 2.05) is 38.1 Å². The molecule has 0 aromatic heterocycles. The first-order chi connectivity index (χ1) is 9.54. The molecule has 5 nitrogen and oxygen atoms in total. The summed E-state index contributed by atoms with van der Waals surface area (Å²) < 4.78 is 11.1. The molecule has 20 heavy (non-hydrogen) atoms. The Morgan fingerprint density at radius 1 is 1.50 bits per heavy atom. The minimum Gasteiger partial charge on any atom is -0.492 e. The second-order valence-electron chi connectivity index (χ2n) is 5.20. The molecule has 1 aliphatic rings. The summed E-state index contributed by atoms with van der Waals surface area (Å²) in [5.74, 6) is -0.0535. The van der Waals surface area contributed by atoms with Gasteiger partial charge in [0.05, 0.1) is 6.10 Å². The quantitative estimate of drug-likeness (QED) is 0.886. The summed E-state index contributed by atoms with van der Waals surface area (Å²) in [5.41, 5.74) is 1.16. The number of hydrogen-bond acceptors (Lipinski definition) is 4. The molecule has 1 saturated heterocycles. The van der Waals surface area contributed by atoms with E-state index in [2.05, 4.69) is 4.90 Å². The Morgan fingerprint density at radius 2 is 2.30 bits per heavy atom. The number of rotatable bonds is 5. The Bertz CT molecular complexity index is 463. The zero-order valence-electron chi connectivity index (χ0n) is 11.9. The number of morpholine rings is 1. The predicted molar refractivity (Wildman–Crippen MR) is 75.1 cm³/mol.